The Morgan fingerprint density at radius 2 is 1.58 bits per heavy atom. The smallest absolute Gasteiger partial charge is 0.338 e. The number of ether oxygens (including phenoxy) is 1. The zero-order valence-corrected chi connectivity index (χ0v) is 13.9. The predicted octanol–water partition coefficient (Wildman–Crippen LogP) is 5.48. The molecule has 2 nitrogen and oxygen atoms in total. The number of alkyl halides is 2. The van der Waals surface area contributed by atoms with Gasteiger partial charge in [-0.1, -0.05) is 18.2 Å². The molecule has 0 heterocycles. The molecule has 7 heteroatoms. The van der Waals surface area contributed by atoms with Crippen LogP contribution in [0.1, 0.15) is 41.9 Å². The van der Waals surface area contributed by atoms with Crippen LogP contribution >= 0.6 is 0 Å². The number of carbonyl (C=O) groups excluding carboxylic acids is 1. The Morgan fingerprint density at radius 1 is 1.00 bits per heavy atom. The van der Waals surface area contributed by atoms with Crippen LogP contribution in [0.4, 0.5) is 22.0 Å². The van der Waals surface area contributed by atoms with Crippen LogP contribution in [0.5, 0.6) is 0 Å². The molecular formula is C19H17F5O2. The van der Waals surface area contributed by atoms with Crippen molar-refractivity contribution in [3.05, 3.63) is 71.0 Å². The van der Waals surface area contributed by atoms with Gasteiger partial charge < -0.3 is 4.74 Å². The maximum Gasteiger partial charge on any atom is 0.338 e. The highest BCUT2D eigenvalue weighted by Crippen LogP contribution is 2.28. The van der Waals surface area contributed by atoms with Gasteiger partial charge in [0.05, 0.1) is 5.56 Å². The maximum absolute atomic E-state index is 14.4. The van der Waals surface area contributed by atoms with Gasteiger partial charge in [0.1, 0.15) is 18.4 Å². The molecule has 0 saturated heterocycles. The van der Waals surface area contributed by atoms with Crippen molar-refractivity contribution in [3.63, 3.8) is 0 Å². The van der Waals surface area contributed by atoms with Gasteiger partial charge in [-0.15, -0.1) is 0 Å². The van der Waals surface area contributed by atoms with Crippen molar-refractivity contribution >= 4 is 5.97 Å². The standard InChI is InChI=1S/C19H17F5O2/c1-11(20)7-14(26-19(25)12-5-3-2-4-6-12)10-15(21)13-8-16(22)18(24)17(23)9-13/h2-6,8-9,11,14-15H,7,10H2,1H3. The van der Waals surface area contributed by atoms with Gasteiger partial charge in [0.25, 0.3) is 0 Å². The van der Waals surface area contributed by atoms with E-state index in [1.54, 1.807) is 18.2 Å². The molecular weight excluding hydrogens is 355 g/mol. The Bertz CT molecular complexity index is 726. The van der Waals surface area contributed by atoms with Gasteiger partial charge in [-0.2, -0.15) is 0 Å². The van der Waals surface area contributed by atoms with E-state index in [0.717, 1.165) is 0 Å². The second kappa shape index (κ2) is 8.78. The summed E-state index contributed by atoms with van der Waals surface area (Å²) in [7, 11) is 0. The fraction of sp³-hybridized carbons (Fsp3) is 0.316. The summed E-state index contributed by atoms with van der Waals surface area (Å²) in [5.74, 6) is -5.52. The van der Waals surface area contributed by atoms with Gasteiger partial charge >= 0.3 is 5.97 Å². The molecule has 0 fully saturated rings. The third kappa shape index (κ3) is 5.28. The molecule has 0 aliphatic rings. The minimum atomic E-state index is -1.97. The number of benzene rings is 2. The number of rotatable bonds is 7. The van der Waals surface area contributed by atoms with E-state index in [9.17, 15) is 26.7 Å². The van der Waals surface area contributed by atoms with Crippen LogP contribution in [-0.4, -0.2) is 18.2 Å². The van der Waals surface area contributed by atoms with Crippen LogP contribution in [0.15, 0.2) is 42.5 Å². The van der Waals surface area contributed by atoms with Crippen LogP contribution in [0, 0.1) is 17.5 Å². The molecule has 2 aromatic rings. The summed E-state index contributed by atoms with van der Waals surface area (Å²) in [6, 6.07) is 8.91. The minimum absolute atomic E-state index is 0.207. The summed E-state index contributed by atoms with van der Waals surface area (Å²) in [5.41, 5.74) is -0.244. The lowest BCUT2D eigenvalue weighted by molar-refractivity contribution is 0.0140. The van der Waals surface area contributed by atoms with Crippen molar-refractivity contribution in [1.29, 1.82) is 0 Å². The van der Waals surface area contributed by atoms with Crippen molar-refractivity contribution in [3.8, 4) is 0 Å². The average Bonchev–Trinajstić information content (AvgIpc) is 2.59. The van der Waals surface area contributed by atoms with Gasteiger partial charge in [0.2, 0.25) is 0 Å². The lowest BCUT2D eigenvalue weighted by Gasteiger charge is -2.21. The van der Waals surface area contributed by atoms with Gasteiger partial charge in [0, 0.05) is 12.8 Å². The summed E-state index contributed by atoms with van der Waals surface area (Å²) in [6.07, 6.45) is -5.32. The third-order valence-corrected chi connectivity index (χ3v) is 3.71. The summed E-state index contributed by atoms with van der Waals surface area (Å²) in [6.45, 7) is 1.22. The van der Waals surface area contributed by atoms with Gasteiger partial charge in [0.15, 0.2) is 17.5 Å². The first-order chi connectivity index (χ1) is 12.3. The first-order valence-corrected chi connectivity index (χ1v) is 7.96. The Kier molecular flexibility index (Phi) is 6.71. The highest BCUT2D eigenvalue weighted by atomic mass is 19.2. The van der Waals surface area contributed by atoms with E-state index in [1.807, 2.05) is 0 Å². The Morgan fingerprint density at radius 3 is 2.12 bits per heavy atom. The topological polar surface area (TPSA) is 26.3 Å². The number of carbonyl (C=O) groups is 1. The highest BCUT2D eigenvalue weighted by Gasteiger charge is 2.25. The summed E-state index contributed by atoms with van der Waals surface area (Å²) < 4.78 is 72.4. The molecule has 3 unspecified atom stereocenters. The SMILES string of the molecule is CC(F)CC(CC(F)c1cc(F)c(F)c(F)c1)OC(=O)c1ccccc1. The zero-order chi connectivity index (χ0) is 19.3. The summed E-state index contributed by atoms with van der Waals surface area (Å²) >= 11 is 0. The molecule has 0 aliphatic carbocycles. The number of hydrogen-bond donors (Lipinski definition) is 0. The third-order valence-electron chi connectivity index (χ3n) is 3.71. The van der Waals surface area contributed by atoms with E-state index in [4.69, 9.17) is 4.74 Å². The molecule has 3 atom stereocenters. The molecule has 0 amide bonds. The van der Waals surface area contributed by atoms with Crippen molar-refractivity contribution in [2.75, 3.05) is 0 Å². The molecule has 0 saturated carbocycles. The molecule has 0 aliphatic heterocycles. The number of hydrogen-bond acceptors (Lipinski definition) is 2. The second-order valence-electron chi connectivity index (χ2n) is 5.91. The van der Waals surface area contributed by atoms with Crippen LogP contribution < -0.4 is 0 Å². The largest absolute Gasteiger partial charge is 0.459 e. The lowest BCUT2D eigenvalue weighted by Crippen LogP contribution is -2.23. The van der Waals surface area contributed by atoms with Crippen LogP contribution in [0.25, 0.3) is 0 Å². The first kappa shape index (κ1) is 19.9. The normalized spacial score (nSPS) is 14.5. The fourth-order valence-corrected chi connectivity index (χ4v) is 2.47. The van der Waals surface area contributed by atoms with Crippen LogP contribution in [0.3, 0.4) is 0 Å². The minimum Gasteiger partial charge on any atom is -0.459 e. The highest BCUT2D eigenvalue weighted by molar-refractivity contribution is 5.89. The van der Waals surface area contributed by atoms with E-state index in [0.29, 0.717) is 12.1 Å². The molecule has 0 radical (unpaired) electrons. The van der Waals surface area contributed by atoms with E-state index in [2.05, 4.69) is 0 Å². The van der Waals surface area contributed by atoms with Crippen molar-refractivity contribution in [2.24, 2.45) is 0 Å². The quantitative estimate of drug-likeness (QED) is 0.366. The Balaban J connectivity index is 2.13. The predicted molar refractivity (Wildman–Crippen MR) is 85.6 cm³/mol. The molecule has 26 heavy (non-hydrogen) atoms. The van der Waals surface area contributed by atoms with Crippen molar-refractivity contribution in [1.82, 2.24) is 0 Å². The molecule has 0 N–H and O–H groups in total. The molecule has 140 valence electrons. The summed E-state index contributed by atoms with van der Waals surface area (Å²) in [5, 5.41) is 0. The maximum atomic E-state index is 14.4. The second-order valence-corrected chi connectivity index (χ2v) is 5.91. The van der Waals surface area contributed by atoms with E-state index in [-0.39, 0.29) is 12.0 Å². The van der Waals surface area contributed by atoms with E-state index < -0.39 is 53.9 Å². The van der Waals surface area contributed by atoms with Crippen molar-refractivity contribution < 1.29 is 31.5 Å². The zero-order valence-electron chi connectivity index (χ0n) is 13.9. The average molecular weight is 372 g/mol. The van der Waals surface area contributed by atoms with Gasteiger partial charge in [-0.05, 0) is 36.8 Å². The molecule has 2 aromatic carbocycles. The fourth-order valence-electron chi connectivity index (χ4n) is 2.47. The Labute approximate surface area is 147 Å². The summed E-state index contributed by atoms with van der Waals surface area (Å²) in [4.78, 5) is 12.1. The van der Waals surface area contributed by atoms with Crippen molar-refractivity contribution in [2.45, 2.75) is 38.2 Å². The molecule has 0 aromatic heterocycles. The van der Waals surface area contributed by atoms with E-state index >= 15 is 0 Å². The first-order valence-electron chi connectivity index (χ1n) is 7.96. The van der Waals surface area contributed by atoms with Crippen LogP contribution in [-0.2, 0) is 4.74 Å². The van der Waals surface area contributed by atoms with Gasteiger partial charge in [-0.3, -0.25) is 0 Å². The lowest BCUT2D eigenvalue weighted by atomic mass is 10.0. The number of esters is 1. The molecule has 0 spiro atoms. The Hall–Kier alpha value is -2.44. The monoisotopic (exact) mass is 372 g/mol. The number of halogens is 5. The van der Waals surface area contributed by atoms with Crippen LogP contribution in [0.2, 0.25) is 0 Å². The molecule has 2 rings (SSSR count). The van der Waals surface area contributed by atoms with Gasteiger partial charge in [-0.25, -0.2) is 26.7 Å². The van der Waals surface area contributed by atoms with E-state index in [1.165, 1.54) is 19.1 Å². The molecule has 0 bridgehead atoms.